The highest BCUT2D eigenvalue weighted by molar-refractivity contribution is 6.30. The van der Waals surface area contributed by atoms with Crippen LogP contribution >= 0.6 is 11.6 Å². The number of carbonyl (C=O) groups excluding carboxylic acids is 1. The van der Waals surface area contributed by atoms with E-state index >= 15 is 0 Å². The second kappa shape index (κ2) is 6.65. The fourth-order valence-corrected chi connectivity index (χ4v) is 2.87. The fraction of sp³-hybridized carbons (Fsp3) is 0.0476. The monoisotopic (exact) mass is 364 g/mol. The predicted octanol–water partition coefficient (Wildman–Crippen LogP) is 4.86. The fourth-order valence-electron chi connectivity index (χ4n) is 2.74. The smallest absolute Gasteiger partial charge is 0.200 e. The summed E-state index contributed by atoms with van der Waals surface area (Å²) in [6.45, 7) is -0.120. The van der Waals surface area contributed by atoms with Crippen molar-refractivity contribution in [1.82, 2.24) is 0 Å². The van der Waals surface area contributed by atoms with Crippen molar-refractivity contribution in [2.45, 2.75) is 0 Å². The van der Waals surface area contributed by atoms with E-state index in [0.717, 1.165) is 0 Å². The Bertz CT molecular complexity index is 1180. The highest BCUT2D eigenvalue weighted by Crippen LogP contribution is 2.23. The Morgan fingerprint density at radius 2 is 1.65 bits per heavy atom. The first-order chi connectivity index (χ1) is 12.6. The molecule has 0 spiro atoms. The lowest BCUT2D eigenvalue weighted by Gasteiger charge is -2.07. The number of rotatable bonds is 4. The van der Waals surface area contributed by atoms with Gasteiger partial charge in [0.15, 0.2) is 12.4 Å². The minimum Gasteiger partial charge on any atom is -0.485 e. The van der Waals surface area contributed by atoms with Crippen molar-refractivity contribution < 1.29 is 13.9 Å². The first-order valence-electron chi connectivity index (χ1n) is 7.99. The molecule has 0 fully saturated rings. The van der Waals surface area contributed by atoms with Gasteiger partial charge in [-0.25, -0.2) is 0 Å². The van der Waals surface area contributed by atoms with Gasteiger partial charge in [0.25, 0.3) is 0 Å². The summed E-state index contributed by atoms with van der Waals surface area (Å²) in [5, 5.41) is 1.57. The molecule has 0 amide bonds. The Hall–Kier alpha value is -3.11. The highest BCUT2D eigenvalue weighted by atomic mass is 35.5. The lowest BCUT2D eigenvalue weighted by molar-refractivity contribution is 0.0921. The Morgan fingerprint density at radius 3 is 2.46 bits per heavy atom. The molecule has 0 bridgehead atoms. The third kappa shape index (κ3) is 3.07. The number of para-hydroxylation sites is 1. The van der Waals surface area contributed by atoms with Gasteiger partial charge in [0.2, 0.25) is 5.43 Å². The zero-order chi connectivity index (χ0) is 18.1. The zero-order valence-electron chi connectivity index (χ0n) is 13.6. The van der Waals surface area contributed by atoms with Crippen LogP contribution in [0.3, 0.4) is 0 Å². The number of carbonyl (C=O) groups is 1. The first-order valence-corrected chi connectivity index (χ1v) is 8.37. The van der Waals surface area contributed by atoms with Gasteiger partial charge >= 0.3 is 0 Å². The number of fused-ring (bicyclic) bond motifs is 2. The van der Waals surface area contributed by atoms with E-state index in [1.165, 1.54) is 0 Å². The summed E-state index contributed by atoms with van der Waals surface area (Å²) >= 11 is 5.82. The number of ether oxygens (including phenoxy) is 1. The lowest BCUT2D eigenvalue weighted by atomic mass is 10.1. The van der Waals surface area contributed by atoms with Crippen LogP contribution in [0.25, 0.3) is 21.9 Å². The molecular weight excluding hydrogens is 352 g/mol. The van der Waals surface area contributed by atoms with Crippen LogP contribution in [-0.4, -0.2) is 12.4 Å². The van der Waals surface area contributed by atoms with Crippen molar-refractivity contribution >= 4 is 39.3 Å². The quantitative estimate of drug-likeness (QED) is 0.383. The highest BCUT2D eigenvalue weighted by Gasteiger charge is 2.10. The average Bonchev–Trinajstić information content (AvgIpc) is 2.66. The molecule has 128 valence electrons. The van der Waals surface area contributed by atoms with Gasteiger partial charge in [-0.2, -0.15) is 0 Å². The summed E-state index contributed by atoms with van der Waals surface area (Å²) in [7, 11) is 0. The molecule has 0 saturated carbocycles. The SMILES string of the molecule is O=C(COc1ccc2c(=O)c3ccccc3oc2c1)c1ccc(Cl)cc1. The minimum atomic E-state index is -0.165. The third-order valence-corrected chi connectivity index (χ3v) is 4.34. The van der Waals surface area contributed by atoms with Crippen LogP contribution in [0.1, 0.15) is 10.4 Å². The Labute approximate surface area is 153 Å². The van der Waals surface area contributed by atoms with Gasteiger partial charge in [0.1, 0.15) is 16.9 Å². The summed E-state index contributed by atoms with van der Waals surface area (Å²) in [6.07, 6.45) is 0. The minimum absolute atomic E-state index is 0.0920. The van der Waals surface area contributed by atoms with E-state index in [0.29, 0.717) is 38.3 Å². The standard InChI is InChI=1S/C21H13ClO4/c22-14-7-5-13(6-8-14)18(23)12-25-15-9-10-17-20(11-15)26-19-4-2-1-3-16(19)21(17)24/h1-11H,12H2. The maximum absolute atomic E-state index is 12.5. The second-order valence-electron chi connectivity index (χ2n) is 5.80. The second-order valence-corrected chi connectivity index (χ2v) is 6.24. The molecule has 0 aliphatic heterocycles. The van der Waals surface area contributed by atoms with E-state index in [4.69, 9.17) is 20.8 Å². The van der Waals surface area contributed by atoms with Crippen LogP contribution in [0, 0.1) is 0 Å². The van der Waals surface area contributed by atoms with Crippen molar-refractivity contribution in [2.24, 2.45) is 0 Å². The Balaban J connectivity index is 1.61. The van der Waals surface area contributed by atoms with Gasteiger partial charge in [0.05, 0.1) is 10.8 Å². The molecule has 0 aliphatic carbocycles. The summed E-state index contributed by atoms with van der Waals surface area (Å²) in [5.41, 5.74) is 1.36. The van der Waals surface area contributed by atoms with Crippen molar-refractivity contribution in [3.8, 4) is 5.75 Å². The van der Waals surface area contributed by atoms with E-state index in [1.54, 1.807) is 60.7 Å². The van der Waals surface area contributed by atoms with Crippen molar-refractivity contribution in [3.05, 3.63) is 87.5 Å². The number of ketones is 1. The maximum atomic E-state index is 12.5. The van der Waals surface area contributed by atoms with E-state index in [1.807, 2.05) is 6.07 Å². The van der Waals surface area contributed by atoms with Gasteiger partial charge < -0.3 is 9.15 Å². The summed E-state index contributed by atoms with van der Waals surface area (Å²) in [4.78, 5) is 24.7. The number of hydrogen-bond donors (Lipinski definition) is 0. The molecule has 0 atom stereocenters. The molecular formula is C21H13ClO4. The third-order valence-electron chi connectivity index (χ3n) is 4.09. The summed E-state index contributed by atoms with van der Waals surface area (Å²) in [6, 6.07) is 18.6. The Kier molecular flexibility index (Phi) is 4.19. The van der Waals surface area contributed by atoms with E-state index in [2.05, 4.69) is 0 Å². The zero-order valence-corrected chi connectivity index (χ0v) is 14.3. The Morgan fingerprint density at radius 1 is 0.923 bits per heavy atom. The lowest BCUT2D eigenvalue weighted by Crippen LogP contribution is -2.11. The van der Waals surface area contributed by atoms with Gasteiger partial charge in [-0.1, -0.05) is 23.7 Å². The largest absolute Gasteiger partial charge is 0.485 e. The summed E-state index contributed by atoms with van der Waals surface area (Å²) < 4.78 is 11.4. The molecule has 3 aromatic carbocycles. The molecule has 0 aliphatic rings. The van der Waals surface area contributed by atoms with Gasteiger partial charge in [-0.05, 0) is 48.5 Å². The molecule has 0 unspecified atom stereocenters. The topological polar surface area (TPSA) is 56.5 Å². The predicted molar refractivity (Wildman–Crippen MR) is 101 cm³/mol. The number of halogens is 1. The number of hydrogen-bond acceptors (Lipinski definition) is 4. The molecule has 4 aromatic rings. The molecule has 1 heterocycles. The van der Waals surface area contributed by atoms with Gasteiger partial charge in [-0.3, -0.25) is 9.59 Å². The van der Waals surface area contributed by atoms with Crippen LogP contribution < -0.4 is 10.2 Å². The van der Waals surface area contributed by atoms with Crippen molar-refractivity contribution in [1.29, 1.82) is 0 Å². The number of Topliss-reactive ketones (excluding diaryl/α,β-unsaturated/α-hetero) is 1. The molecule has 0 radical (unpaired) electrons. The molecule has 5 heteroatoms. The van der Waals surface area contributed by atoms with Crippen LogP contribution in [0.2, 0.25) is 5.02 Å². The van der Waals surface area contributed by atoms with Crippen molar-refractivity contribution in [3.63, 3.8) is 0 Å². The average molecular weight is 365 g/mol. The molecule has 26 heavy (non-hydrogen) atoms. The molecule has 4 rings (SSSR count). The molecule has 1 aromatic heterocycles. The van der Waals surface area contributed by atoms with Crippen LogP contribution in [-0.2, 0) is 0 Å². The maximum Gasteiger partial charge on any atom is 0.200 e. The van der Waals surface area contributed by atoms with Crippen LogP contribution in [0.15, 0.2) is 75.9 Å². The molecule has 0 saturated heterocycles. The number of benzene rings is 3. The van der Waals surface area contributed by atoms with Crippen molar-refractivity contribution in [2.75, 3.05) is 6.61 Å². The van der Waals surface area contributed by atoms with Crippen LogP contribution in [0.4, 0.5) is 0 Å². The van der Waals surface area contributed by atoms with E-state index in [-0.39, 0.29) is 17.8 Å². The first kappa shape index (κ1) is 16.4. The van der Waals surface area contributed by atoms with Gasteiger partial charge in [0, 0.05) is 16.7 Å². The molecule has 0 N–H and O–H groups in total. The normalized spacial score (nSPS) is 11.0. The van der Waals surface area contributed by atoms with Crippen LogP contribution in [0.5, 0.6) is 5.75 Å². The van der Waals surface area contributed by atoms with E-state index < -0.39 is 0 Å². The molecule has 4 nitrogen and oxygen atoms in total. The summed E-state index contributed by atoms with van der Waals surface area (Å²) in [5.74, 6) is 0.292. The van der Waals surface area contributed by atoms with E-state index in [9.17, 15) is 9.59 Å². The van der Waals surface area contributed by atoms with Gasteiger partial charge in [-0.15, -0.1) is 0 Å².